The van der Waals surface area contributed by atoms with Gasteiger partial charge < -0.3 is 20.5 Å². The summed E-state index contributed by atoms with van der Waals surface area (Å²) in [6.07, 6.45) is 3.90. The maximum Gasteiger partial charge on any atom is 0.315 e. The summed E-state index contributed by atoms with van der Waals surface area (Å²) in [4.78, 5) is 22.8. The number of hydrogen-bond donors (Lipinski definition) is 3. The summed E-state index contributed by atoms with van der Waals surface area (Å²) in [5.41, 5.74) is 0. The third-order valence-corrected chi connectivity index (χ3v) is 3.71. The highest BCUT2D eigenvalue weighted by molar-refractivity contribution is 5.77. The first-order chi connectivity index (χ1) is 8.66. The van der Waals surface area contributed by atoms with Crippen LogP contribution in [-0.4, -0.2) is 42.4 Å². The van der Waals surface area contributed by atoms with E-state index in [1.54, 1.807) is 0 Å². The van der Waals surface area contributed by atoms with E-state index in [4.69, 9.17) is 9.84 Å². The standard InChI is InChI=1S/C12H20N2O4/c15-11(16)9-2-1-3-10(9)14-12(17)13-8-4-6-18-7-5-8/h8-10H,1-7H2,(H,15,16)(H2,13,14,17). The van der Waals surface area contributed by atoms with Crippen LogP contribution in [0.5, 0.6) is 0 Å². The summed E-state index contributed by atoms with van der Waals surface area (Å²) in [5.74, 6) is -1.26. The summed E-state index contributed by atoms with van der Waals surface area (Å²) in [6.45, 7) is 1.35. The van der Waals surface area contributed by atoms with Gasteiger partial charge in [0.1, 0.15) is 0 Å². The van der Waals surface area contributed by atoms with Crippen LogP contribution >= 0.6 is 0 Å². The molecule has 2 atom stereocenters. The van der Waals surface area contributed by atoms with Gasteiger partial charge in [0.15, 0.2) is 0 Å². The Kier molecular flexibility index (Phi) is 4.41. The van der Waals surface area contributed by atoms with Gasteiger partial charge in [-0.1, -0.05) is 6.42 Å². The van der Waals surface area contributed by atoms with E-state index in [0.29, 0.717) is 19.6 Å². The van der Waals surface area contributed by atoms with Gasteiger partial charge in [0.05, 0.1) is 5.92 Å². The van der Waals surface area contributed by atoms with Crippen LogP contribution in [0.3, 0.4) is 0 Å². The number of carbonyl (C=O) groups is 2. The van der Waals surface area contributed by atoms with E-state index in [-0.39, 0.29) is 18.1 Å². The first kappa shape index (κ1) is 13.1. The lowest BCUT2D eigenvalue weighted by molar-refractivity contribution is -0.142. The van der Waals surface area contributed by atoms with Crippen molar-refractivity contribution in [3.8, 4) is 0 Å². The number of urea groups is 1. The molecule has 1 saturated heterocycles. The summed E-state index contributed by atoms with van der Waals surface area (Å²) >= 11 is 0. The quantitative estimate of drug-likeness (QED) is 0.694. The van der Waals surface area contributed by atoms with Crippen LogP contribution in [-0.2, 0) is 9.53 Å². The average Bonchev–Trinajstić information content (AvgIpc) is 2.78. The van der Waals surface area contributed by atoms with Gasteiger partial charge in [0.25, 0.3) is 0 Å². The Morgan fingerprint density at radius 3 is 2.44 bits per heavy atom. The molecule has 0 spiro atoms. The molecular weight excluding hydrogens is 236 g/mol. The van der Waals surface area contributed by atoms with Gasteiger partial charge in [-0.15, -0.1) is 0 Å². The fraction of sp³-hybridized carbons (Fsp3) is 0.833. The molecule has 18 heavy (non-hydrogen) atoms. The zero-order valence-electron chi connectivity index (χ0n) is 10.4. The molecule has 0 aromatic rings. The molecule has 1 aliphatic carbocycles. The lowest BCUT2D eigenvalue weighted by Gasteiger charge is -2.25. The molecule has 0 radical (unpaired) electrons. The molecule has 0 bridgehead atoms. The summed E-state index contributed by atoms with van der Waals surface area (Å²) in [5, 5.41) is 14.7. The monoisotopic (exact) mass is 256 g/mol. The number of hydrogen-bond acceptors (Lipinski definition) is 3. The van der Waals surface area contributed by atoms with Crippen LogP contribution < -0.4 is 10.6 Å². The maximum absolute atomic E-state index is 11.8. The number of rotatable bonds is 3. The fourth-order valence-electron chi connectivity index (χ4n) is 2.67. The van der Waals surface area contributed by atoms with Crippen LogP contribution in [0.2, 0.25) is 0 Å². The van der Waals surface area contributed by atoms with Crippen molar-refractivity contribution in [1.29, 1.82) is 0 Å². The number of carboxylic acids is 1. The van der Waals surface area contributed by atoms with Gasteiger partial charge in [-0.3, -0.25) is 4.79 Å². The highest BCUT2D eigenvalue weighted by atomic mass is 16.5. The molecule has 2 fully saturated rings. The van der Waals surface area contributed by atoms with Gasteiger partial charge >= 0.3 is 12.0 Å². The molecule has 0 aromatic carbocycles. The zero-order valence-corrected chi connectivity index (χ0v) is 10.4. The van der Waals surface area contributed by atoms with Crippen LogP contribution in [0, 0.1) is 5.92 Å². The van der Waals surface area contributed by atoms with E-state index < -0.39 is 11.9 Å². The van der Waals surface area contributed by atoms with Crippen LogP contribution in [0.25, 0.3) is 0 Å². The molecule has 2 rings (SSSR count). The van der Waals surface area contributed by atoms with Gasteiger partial charge in [-0.05, 0) is 25.7 Å². The number of carboxylic acid groups (broad SMARTS) is 1. The number of ether oxygens (including phenoxy) is 1. The zero-order chi connectivity index (χ0) is 13.0. The summed E-state index contributed by atoms with van der Waals surface area (Å²) in [7, 11) is 0. The topological polar surface area (TPSA) is 87.7 Å². The lowest BCUT2D eigenvalue weighted by Crippen LogP contribution is -2.49. The van der Waals surface area contributed by atoms with Crippen molar-refractivity contribution >= 4 is 12.0 Å². The Morgan fingerprint density at radius 1 is 1.06 bits per heavy atom. The average molecular weight is 256 g/mol. The van der Waals surface area contributed by atoms with Crippen molar-refractivity contribution in [3.05, 3.63) is 0 Å². The Bertz CT molecular complexity index is 315. The molecule has 2 aliphatic rings. The molecule has 1 saturated carbocycles. The van der Waals surface area contributed by atoms with E-state index in [1.165, 1.54) is 0 Å². The lowest BCUT2D eigenvalue weighted by atomic mass is 10.0. The molecule has 2 amide bonds. The molecule has 1 heterocycles. The van der Waals surface area contributed by atoms with E-state index in [1.807, 2.05) is 0 Å². The Labute approximate surface area is 106 Å². The minimum Gasteiger partial charge on any atom is -0.481 e. The smallest absolute Gasteiger partial charge is 0.315 e. The second-order valence-electron chi connectivity index (χ2n) is 4.99. The normalized spacial score (nSPS) is 28.9. The minimum atomic E-state index is -0.816. The third-order valence-electron chi connectivity index (χ3n) is 3.71. The summed E-state index contributed by atoms with van der Waals surface area (Å²) in [6, 6.07) is -0.342. The number of aliphatic carboxylic acids is 1. The van der Waals surface area contributed by atoms with Crippen LogP contribution in [0.15, 0.2) is 0 Å². The third kappa shape index (κ3) is 3.35. The van der Waals surface area contributed by atoms with Gasteiger partial charge in [-0.2, -0.15) is 0 Å². The minimum absolute atomic E-state index is 0.142. The highest BCUT2D eigenvalue weighted by Crippen LogP contribution is 2.25. The second-order valence-corrected chi connectivity index (χ2v) is 4.99. The fourth-order valence-corrected chi connectivity index (χ4v) is 2.67. The predicted molar refractivity (Wildman–Crippen MR) is 64.3 cm³/mol. The van der Waals surface area contributed by atoms with Crippen molar-refractivity contribution in [2.75, 3.05) is 13.2 Å². The first-order valence-corrected chi connectivity index (χ1v) is 6.54. The molecule has 1 aliphatic heterocycles. The summed E-state index contributed by atoms with van der Waals surface area (Å²) < 4.78 is 5.21. The molecule has 102 valence electrons. The molecular formula is C12H20N2O4. The second kappa shape index (κ2) is 6.04. The van der Waals surface area contributed by atoms with Gasteiger partial charge in [0, 0.05) is 25.3 Å². The van der Waals surface area contributed by atoms with Crippen LogP contribution in [0.1, 0.15) is 32.1 Å². The highest BCUT2D eigenvalue weighted by Gasteiger charge is 2.34. The number of amides is 2. The van der Waals surface area contributed by atoms with Crippen molar-refractivity contribution in [1.82, 2.24) is 10.6 Å². The molecule has 0 aromatic heterocycles. The SMILES string of the molecule is O=C(NC1CCOCC1)NC1CCCC1C(=O)O. The largest absolute Gasteiger partial charge is 0.481 e. The number of nitrogens with one attached hydrogen (secondary N) is 2. The Morgan fingerprint density at radius 2 is 1.78 bits per heavy atom. The molecule has 3 N–H and O–H groups in total. The van der Waals surface area contributed by atoms with Crippen molar-refractivity contribution in [2.24, 2.45) is 5.92 Å². The van der Waals surface area contributed by atoms with Gasteiger partial charge in [-0.25, -0.2) is 4.79 Å². The van der Waals surface area contributed by atoms with Crippen molar-refractivity contribution in [3.63, 3.8) is 0 Å². The Hall–Kier alpha value is -1.30. The van der Waals surface area contributed by atoms with Crippen LogP contribution in [0.4, 0.5) is 4.79 Å². The van der Waals surface area contributed by atoms with Gasteiger partial charge in [0.2, 0.25) is 0 Å². The first-order valence-electron chi connectivity index (χ1n) is 6.54. The van der Waals surface area contributed by atoms with E-state index in [9.17, 15) is 9.59 Å². The molecule has 6 heteroatoms. The predicted octanol–water partition coefficient (Wildman–Crippen LogP) is 0.718. The van der Waals surface area contributed by atoms with E-state index >= 15 is 0 Å². The molecule has 2 unspecified atom stereocenters. The van der Waals surface area contributed by atoms with E-state index in [2.05, 4.69) is 10.6 Å². The maximum atomic E-state index is 11.8. The Balaban J connectivity index is 1.77. The number of carbonyl (C=O) groups excluding carboxylic acids is 1. The van der Waals surface area contributed by atoms with Crippen molar-refractivity contribution < 1.29 is 19.4 Å². The van der Waals surface area contributed by atoms with Crippen molar-refractivity contribution in [2.45, 2.75) is 44.2 Å². The molecule has 6 nitrogen and oxygen atoms in total. The van der Waals surface area contributed by atoms with E-state index in [0.717, 1.165) is 25.7 Å².